The van der Waals surface area contributed by atoms with Crippen molar-refractivity contribution in [3.8, 4) is 5.75 Å². The summed E-state index contributed by atoms with van der Waals surface area (Å²) in [6.07, 6.45) is 5.36. The number of nitrogens with two attached hydrogens (primary N) is 1. The first-order valence-electron chi connectivity index (χ1n) is 10.8. The van der Waals surface area contributed by atoms with Gasteiger partial charge in [-0.05, 0) is 32.4 Å². The molecule has 0 fully saturated rings. The molecular weight excluding hydrogens is 677 g/mol. The minimum atomic E-state index is -4.71. The van der Waals surface area contributed by atoms with Crippen LogP contribution in [0.1, 0.15) is 59.9 Å². The third kappa shape index (κ3) is 17.8. The Balaban J connectivity index is -0.000000945. The molecular formula is C25H36F5N2OU+. The smallest absolute Gasteiger partial charge is 0.454 e. The molecule has 0 aromatic heterocycles. The second-order valence-corrected chi connectivity index (χ2v) is 6.58. The molecule has 2 N–H and O–H groups in total. The maximum Gasteiger partial charge on any atom is 2.00 e. The molecule has 1 aromatic carbocycles. The molecule has 3 nitrogen and oxygen atoms in total. The number of allylic oxidation sites excluding steroid dienone is 4. The molecule has 190 valence electrons. The van der Waals surface area contributed by atoms with E-state index >= 15 is 0 Å². The van der Waals surface area contributed by atoms with Crippen molar-refractivity contribution in [1.82, 2.24) is 0 Å². The molecule has 9 heteroatoms. The second kappa shape index (κ2) is 21.9. The van der Waals surface area contributed by atoms with E-state index in [0.29, 0.717) is 12.1 Å². The Hall–Kier alpha value is -1.59. The van der Waals surface area contributed by atoms with E-state index in [0.717, 1.165) is 29.9 Å². The molecule has 0 amide bonds. The van der Waals surface area contributed by atoms with Gasteiger partial charge in [-0.2, -0.15) is 0 Å². The first-order chi connectivity index (χ1) is 15.6. The minimum Gasteiger partial charge on any atom is -0.454 e. The molecule has 0 aliphatic carbocycles. The van der Waals surface area contributed by atoms with Crippen molar-refractivity contribution in [3.63, 3.8) is 0 Å². The fourth-order valence-corrected chi connectivity index (χ4v) is 2.55. The summed E-state index contributed by atoms with van der Waals surface area (Å²) in [7, 11) is 0. The predicted octanol–water partition coefficient (Wildman–Crippen LogP) is 7.44. The molecule has 0 unspecified atom stereocenters. The number of hydrogen-bond donors (Lipinski definition) is 1. The van der Waals surface area contributed by atoms with Crippen LogP contribution in [0.5, 0.6) is 5.75 Å². The maximum atomic E-state index is 12.3. The van der Waals surface area contributed by atoms with Gasteiger partial charge in [0.25, 0.3) is 0 Å². The molecule has 1 aliphatic rings. The Bertz CT molecular complexity index is 765. The molecule has 0 spiro atoms. The van der Waals surface area contributed by atoms with Crippen LogP contribution in [0.15, 0.2) is 53.8 Å². The summed E-state index contributed by atoms with van der Waals surface area (Å²) in [4.78, 5) is 0. The summed E-state index contributed by atoms with van der Waals surface area (Å²) in [5, 5.41) is 0. The quantitative estimate of drug-likeness (QED) is 0.200. The van der Waals surface area contributed by atoms with E-state index < -0.39 is 13.3 Å². The molecule has 0 saturated carbocycles. The Kier molecular flexibility index (Phi) is 23.8. The number of alkyl halides is 3. The maximum absolute atomic E-state index is 12.3. The van der Waals surface area contributed by atoms with Crippen LogP contribution in [0.2, 0.25) is 0 Å². The van der Waals surface area contributed by atoms with Gasteiger partial charge in [0.2, 0.25) is 0 Å². The number of hydrogen-bond acceptors (Lipinski definition) is 2. The van der Waals surface area contributed by atoms with Gasteiger partial charge in [-0.3, -0.25) is 4.58 Å². The van der Waals surface area contributed by atoms with Crippen molar-refractivity contribution in [2.24, 2.45) is 5.73 Å². The number of rotatable bonds is 4. The Morgan fingerprint density at radius 2 is 1.79 bits per heavy atom. The Labute approximate surface area is 225 Å². The molecule has 34 heavy (non-hydrogen) atoms. The van der Waals surface area contributed by atoms with E-state index in [9.17, 15) is 22.0 Å². The fourth-order valence-electron chi connectivity index (χ4n) is 2.55. The molecule has 0 radical (unpaired) electrons. The monoisotopic (exact) mass is 713 g/mol. The summed E-state index contributed by atoms with van der Waals surface area (Å²) < 4.78 is 62.0. The van der Waals surface area contributed by atoms with Crippen LogP contribution in [-0.4, -0.2) is 29.7 Å². The zero-order valence-corrected chi connectivity index (χ0v) is 24.9. The van der Waals surface area contributed by atoms with Gasteiger partial charge in [0.15, 0.2) is 6.54 Å². The van der Waals surface area contributed by atoms with E-state index in [1.165, 1.54) is 18.6 Å². The summed E-state index contributed by atoms with van der Waals surface area (Å²) in [6.45, 7) is 12.4. The van der Waals surface area contributed by atoms with E-state index in [-0.39, 0.29) is 36.9 Å². The van der Waals surface area contributed by atoms with E-state index in [4.69, 9.17) is 5.73 Å². The normalized spacial score (nSPS) is 15.7. The summed E-state index contributed by atoms with van der Waals surface area (Å²) in [5.41, 5.74) is 9.09. The molecule has 1 heterocycles. The third-order valence-electron chi connectivity index (χ3n) is 3.64. The van der Waals surface area contributed by atoms with Gasteiger partial charge in [0.05, 0.1) is 0 Å². The predicted molar refractivity (Wildman–Crippen MR) is 125 cm³/mol. The molecule has 1 aliphatic heterocycles. The van der Waals surface area contributed by atoms with Gasteiger partial charge in [0.1, 0.15) is 12.3 Å². The minimum absolute atomic E-state index is 0. The van der Waals surface area contributed by atoms with Crippen LogP contribution in [0, 0.1) is 44.1 Å². The second-order valence-electron chi connectivity index (χ2n) is 6.58. The van der Waals surface area contributed by atoms with Crippen molar-refractivity contribution >= 4 is 5.71 Å². The zero-order chi connectivity index (χ0) is 25.9. The molecule has 0 atom stereocenters. The molecule has 0 saturated heterocycles. The molecule has 0 bridgehead atoms. The van der Waals surface area contributed by atoms with Crippen LogP contribution < -0.4 is 10.5 Å². The number of nitrogens with zero attached hydrogens (tertiary/aromatic N) is 1. The summed E-state index contributed by atoms with van der Waals surface area (Å²) in [5.74, 6) is -0.284. The van der Waals surface area contributed by atoms with Gasteiger partial charge < -0.3 is 19.3 Å². The van der Waals surface area contributed by atoms with E-state index in [1.807, 2.05) is 45.9 Å². The van der Waals surface area contributed by atoms with Crippen LogP contribution in [-0.2, 0) is 0 Å². The summed E-state index contributed by atoms with van der Waals surface area (Å²) >= 11 is 0. The number of ether oxygens (including phenoxy) is 1. The largest absolute Gasteiger partial charge is 2.00 e. The van der Waals surface area contributed by atoms with Crippen LogP contribution in [0.3, 0.4) is 0 Å². The molecule has 1 aromatic rings. The van der Waals surface area contributed by atoms with Gasteiger partial charge in [-0.15, -0.1) is 37.4 Å². The van der Waals surface area contributed by atoms with Crippen molar-refractivity contribution in [2.45, 2.75) is 60.7 Å². The summed E-state index contributed by atoms with van der Waals surface area (Å²) in [6, 6.07) is 7.00. The SMILES string of the molecule is C/C(N)=C\C[N+]1=C(c2[c-]cc(OC(F)(F)F)cc2)/C(C)=C/C=C\CC1.CC.CCC.F[CH-]F.[U+2]. The van der Waals surface area contributed by atoms with Gasteiger partial charge in [-0.25, -0.2) is 0 Å². The van der Waals surface area contributed by atoms with Crippen LogP contribution in [0.4, 0.5) is 22.0 Å². The van der Waals surface area contributed by atoms with Crippen molar-refractivity contribution < 1.29 is 62.4 Å². The van der Waals surface area contributed by atoms with Gasteiger partial charge in [0, 0.05) is 17.9 Å². The third-order valence-corrected chi connectivity index (χ3v) is 3.64. The zero-order valence-electron chi connectivity index (χ0n) is 20.8. The average Bonchev–Trinajstić information content (AvgIpc) is 2.72. The van der Waals surface area contributed by atoms with E-state index in [1.54, 1.807) is 6.07 Å². The Morgan fingerprint density at radius 3 is 2.24 bits per heavy atom. The van der Waals surface area contributed by atoms with Gasteiger partial charge in [-0.1, -0.05) is 57.9 Å². The van der Waals surface area contributed by atoms with Gasteiger partial charge >= 0.3 is 37.5 Å². The number of benzene rings is 1. The van der Waals surface area contributed by atoms with Crippen LogP contribution in [0.25, 0.3) is 0 Å². The van der Waals surface area contributed by atoms with E-state index in [2.05, 4.69) is 35.3 Å². The standard InChI is InChI=1S/C19H21F3N2O.C3H8.C2H6.CHF2.U/c1-14-6-4-3-5-12-24(13-11-15(2)23)18(14)16-7-9-17(10-8-16)25-19(20,21)22;1-3-2;1-2;2-1-3;/h3-4,6-7,9-11H,5,12-13,23H2,1-2H3;3H2,1-2H3;1-2H3;1H;/q;;;-1;+2/b4-3-,14-6+,15-11+,24-18?;;;;. The van der Waals surface area contributed by atoms with Crippen molar-refractivity contribution in [2.75, 3.05) is 13.1 Å². The molecule has 2 rings (SSSR count). The topological polar surface area (TPSA) is 38.3 Å². The van der Waals surface area contributed by atoms with Crippen LogP contribution >= 0.6 is 0 Å². The first-order valence-corrected chi connectivity index (χ1v) is 10.8. The fraction of sp³-hybridized carbons (Fsp3) is 0.440. The van der Waals surface area contributed by atoms with Crippen molar-refractivity contribution in [1.29, 1.82) is 0 Å². The first kappa shape index (κ1) is 37.0. The number of halogens is 5. The van der Waals surface area contributed by atoms with Crippen molar-refractivity contribution in [3.05, 3.63) is 72.3 Å². The Morgan fingerprint density at radius 1 is 1.24 bits per heavy atom. The average molecular weight is 714 g/mol.